The third-order valence-electron chi connectivity index (χ3n) is 10.1. The summed E-state index contributed by atoms with van der Waals surface area (Å²) in [6, 6.07) is 0. The molecule has 57 heavy (non-hydrogen) atoms. The van der Waals surface area contributed by atoms with Gasteiger partial charge in [0.1, 0.15) is 13.2 Å². The average molecular weight is 797 g/mol. The first-order valence-corrected chi connectivity index (χ1v) is 23.8. The fourth-order valence-electron chi connectivity index (χ4n) is 6.51. The highest BCUT2D eigenvalue weighted by atomic mass is 16.6. The van der Waals surface area contributed by atoms with Gasteiger partial charge < -0.3 is 14.2 Å². The van der Waals surface area contributed by atoms with Gasteiger partial charge in [-0.15, -0.1) is 0 Å². The van der Waals surface area contributed by atoms with E-state index in [-0.39, 0.29) is 31.6 Å². The van der Waals surface area contributed by atoms with Crippen molar-refractivity contribution < 1.29 is 28.6 Å². The first-order valence-electron chi connectivity index (χ1n) is 23.8. The van der Waals surface area contributed by atoms with Gasteiger partial charge in [0.2, 0.25) is 0 Å². The molecule has 0 N–H and O–H groups in total. The van der Waals surface area contributed by atoms with Crippen LogP contribution in [-0.2, 0) is 28.6 Å². The molecule has 0 fully saturated rings. The van der Waals surface area contributed by atoms with E-state index in [0.29, 0.717) is 12.8 Å². The highest BCUT2D eigenvalue weighted by molar-refractivity contribution is 5.72. The van der Waals surface area contributed by atoms with Gasteiger partial charge in [0.15, 0.2) is 6.10 Å². The van der Waals surface area contributed by atoms with E-state index in [1.165, 1.54) is 116 Å². The number of allylic oxidation sites excluding steroid dienone is 9. The number of carbonyl (C=O) groups excluding carboxylic acids is 3. The van der Waals surface area contributed by atoms with Gasteiger partial charge in [-0.1, -0.05) is 223 Å². The number of rotatable bonds is 42. The molecule has 0 aliphatic carbocycles. The Labute approximate surface area is 351 Å². The van der Waals surface area contributed by atoms with Crippen LogP contribution in [0.15, 0.2) is 60.8 Å². The van der Waals surface area contributed by atoms with Gasteiger partial charge in [-0.05, 0) is 44.9 Å². The van der Waals surface area contributed by atoms with E-state index in [9.17, 15) is 14.4 Å². The second-order valence-electron chi connectivity index (χ2n) is 15.7. The van der Waals surface area contributed by atoms with E-state index in [1.54, 1.807) is 6.08 Å². The van der Waals surface area contributed by atoms with Gasteiger partial charge in [0, 0.05) is 12.8 Å². The Morgan fingerprint density at radius 2 is 0.684 bits per heavy atom. The van der Waals surface area contributed by atoms with Crippen LogP contribution in [0.4, 0.5) is 0 Å². The summed E-state index contributed by atoms with van der Waals surface area (Å²) in [7, 11) is 0. The maximum Gasteiger partial charge on any atom is 0.309 e. The molecule has 6 nitrogen and oxygen atoms in total. The summed E-state index contributed by atoms with van der Waals surface area (Å²) in [5.74, 6) is -1.04. The van der Waals surface area contributed by atoms with Crippen molar-refractivity contribution in [2.24, 2.45) is 0 Å². The molecule has 328 valence electrons. The van der Waals surface area contributed by atoms with Crippen molar-refractivity contribution in [2.75, 3.05) is 13.2 Å². The van der Waals surface area contributed by atoms with Crippen LogP contribution in [0.1, 0.15) is 226 Å². The molecule has 0 spiro atoms. The third-order valence-corrected chi connectivity index (χ3v) is 10.1. The van der Waals surface area contributed by atoms with E-state index in [0.717, 1.165) is 70.6 Å². The minimum absolute atomic E-state index is 0.101. The average Bonchev–Trinajstić information content (AvgIpc) is 3.21. The first-order chi connectivity index (χ1) is 28.0. The van der Waals surface area contributed by atoms with E-state index >= 15 is 0 Å². The van der Waals surface area contributed by atoms with Gasteiger partial charge in [-0.2, -0.15) is 0 Å². The zero-order chi connectivity index (χ0) is 41.5. The summed E-state index contributed by atoms with van der Waals surface area (Å²) in [4.78, 5) is 37.7. The van der Waals surface area contributed by atoms with Crippen LogP contribution >= 0.6 is 0 Å². The Balaban J connectivity index is 4.46. The summed E-state index contributed by atoms with van der Waals surface area (Å²) < 4.78 is 16.6. The molecule has 0 saturated carbocycles. The van der Waals surface area contributed by atoms with Gasteiger partial charge in [0.05, 0.1) is 6.42 Å². The van der Waals surface area contributed by atoms with Crippen molar-refractivity contribution in [1.82, 2.24) is 0 Å². The topological polar surface area (TPSA) is 78.9 Å². The molecule has 0 aromatic heterocycles. The number of carbonyl (C=O) groups is 3. The van der Waals surface area contributed by atoms with Crippen LogP contribution in [-0.4, -0.2) is 37.2 Å². The van der Waals surface area contributed by atoms with Crippen LogP contribution in [0.5, 0.6) is 0 Å². The number of hydrogen-bond donors (Lipinski definition) is 0. The van der Waals surface area contributed by atoms with Crippen LogP contribution in [0.3, 0.4) is 0 Å². The smallest absolute Gasteiger partial charge is 0.309 e. The lowest BCUT2D eigenvalue weighted by molar-refractivity contribution is -0.166. The second kappa shape index (κ2) is 45.8. The van der Waals surface area contributed by atoms with Crippen LogP contribution in [0.25, 0.3) is 0 Å². The lowest BCUT2D eigenvalue weighted by Gasteiger charge is -2.18. The van der Waals surface area contributed by atoms with Gasteiger partial charge in [-0.25, -0.2) is 0 Å². The number of hydrogen-bond acceptors (Lipinski definition) is 6. The molecule has 0 saturated heterocycles. The van der Waals surface area contributed by atoms with Crippen molar-refractivity contribution in [3.63, 3.8) is 0 Å². The van der Waals surface area contributed by atoms with Crippen LogP contribution in [0, 0.1) is 0 Å². The SMILES string of the molecule is CC/C=C\C/C=C\C/C=C\C/C=C\C/C=C\CC(=O)OCC(COC(=O)CCCCCCCCCCC)OC(=O)CCCCCCCCCCCCCCCCC. The van der Waals surface area contributed by atoms with Crippen LogP contribution in [0.2, 0.25) is 0 Å². The summed E-state index contributed by atoms with van der Waals surface area (Å²) in [5.41, 5.74) is 0. The quantitative estimate of drug-likeness (QED) is 0.0265. The molecule has 6 heteroatoms. The van der Waals surface area contributed by atoms with E-state index < -0.39 is 12.1 Å². The Hall–Kier alpha value is -2.89. The molecule has 0 radical (unpaired) electrons. The summed E-state index contributed by atoms with van der Waals surface area (Å²) in [6.07, 6.45) is 55.2. The Morgan fingerprint density at radius 3 is 1.07 bits per heavy atom. The fourth-order valence-corrected chi connectivity index (χ4v) is 6.51. The normalized spacial score (nSPS) is 12.5. The largest absolute Gasteiger partial charge is 0.462 e. The Bertz CT molecular complexity index is 1050. The molecular weight excluding hydrogens is 709 g/mol. The molecular formula is C51H88O6. The minimum atomic E-state index is -0.807. The monoisotopic (exact) mass is 797 g/mol. The standard InChI is InChI=1S/C51H88O6/c1-4-7-10-13-16-19-21-23-25-27-29-32-35-38-41-44-50(53)56-47-48(46-55-49(52)43-40-37-34-31-18-15-12-9-6-3)57-51(54)45-42-39-36-33-30-28-26-24-22-20-17-14-11-8-5-2/h7,10,16,19,23,25,29,32,38,41,48H,4-6,8-9,11-15,17-18,20-22,24,26-28,30-31,33-37,39-40,42-47H2,1-3H3/b10-7-,19-16-,25-23-,32-29-,41-38-. The molecule has 0 aliphatic heterocycles. The van der Waals surface area contributed by atoms with Crippen molar-refractivity contribution in [2.45, 2.75) is 232 Å². The maximum atomic E-state index is 12.7. The third kappa shape index (κ3) is 44.1. The molecule has 0 bridgehead atoms. The Morgan fingerprint density at radius 1 is 0.368 bits per heavy atom. The lowest BCUT2D eigenvalue weighted by Crippen LogP contribution is -2.30. The van der Waals surface area contributed by atoms with E-state index in [2.05, 4.69) is 69.4 Å². The van der Waals surface area contributed by atoms with Gasteiger partial charge >= 0.3 is 17.9 Å². The zero-order valence-electron chi connectivity index (χ0n) is 37.3. The lowest BCUT2D eigenvalue weighted by atomic mass is 10.0. The fraction of sp³-hybridized carbons (Fsp3) is 0.745. The summed E-state index contributed by atoms with van der Waals surface area (Å²) in [5, 5.41) is 0. The van der Waals surface area contributed by atoms with Gasteiger partial charge in [-0.3, -0.25) is 14.4 Å². The molecule has 1 atom stereocenters. The summed E-state index contributed by atoms with van der Waals surface area (Å²) in [6.45, 7) is 6.41. The highest BCUT2D eigenvalue weighted by Crippen LogP contribution is 2.15. The van der Waals surface area contributed by atoms with E-state index in [1.807, 2.05) is 6.08 Å². The number of unbranched alkanes of at least 4 members (excludes halogenated alkanes) is 22. The molecule has 1 unspecified atom stereocenters. The van der Waals surface area contributed by atoms with Crippen molar-refractivity contribution in [3.05, 3.63) is 60.8 Å². The van der Waals surface area contributed by atoms with Crippen molar-refractivity contribution in [3.8, 4) is 0 Å². The van der Waals surface area contributed by atoms with Crippen LogP contribution < -0.4 is 0 Å². The Kier molecular flexibility index (Phi) is 43.5. The van der Waals surface area contributed by atoms with E-state index in [4.69, 9.17) is 14.2 Å². The summed E-state index contributed by atoms with van der Waals surface area (Å²) >= 11 is 0. The molecule has 0 amide bonds. The van der Waals surface area contributed by atoms with Crippen molar-refractivity contribution >= 4 is 17.9 Å². The number of ether oxygens (including phenoxy) is 3. The predicted molar refractivity (Wildman–Crippen MR) is 242 cm³/mol. The second-order valence-corrected chi connectivity index (χ2v) is 15.7. The van der Waals surface area contributed by atoms with Crippen molar-refractivity contribution in [1.29, 1.82) is 0 Å². The van der Waals surface area contributed by atoms with Gasteiger partial charge in [0.25, 0.3) is 0 Å². The molecule has 0 aliphatic rings. The number of esters is 3. The maximum absolute atomic E-state index is 12.7. The molecule has 0 aromatic rings. The predicted octanol–water partition coefficient (Wildman–Crippen LogP) is 15.3. The highest BCUT2D eigenvalue weighted by Gasteiger charge is 2.19. The minimum Gasteiger partial charge on any atom is -0.462 e. The molecule has 0 rings (SSSR count). The molecule has 0 heterocycles. The molecule has 0 aromatic carbocycles. The first kappa shape index (κ1) is 54.1. The zero-order valence-corrected chi connectivity index (χ0v) is 37.3.